The Morgan fingerprint density at radius 2 is 1.79 bits per heavy atom. The molecule has 2 aromatic carbocycles. The van der Waals surface area contributed by atoms with Crippen molar-refractivity contribution >= 4 is 11.8 Å². The monoisotopic (exact) mass is 324 g/mol. The zero-order valence-electron chi connectivity index (χ0n) is 13.5. The third-order valence-corrected chi connectivity index (χ3v) is 4.27. The van der Waals surface area contributed by atoms with Crippen LogP contribution in [0.1, 0.15) is 27.5 Å². The highest BCUT2D eigenvalue weighted by molar-refractivity contribution is 5.96. The van der Waals surface area contributed by atoms with Gasteiger partial charge in [0.25, 0.3) is 5.91 Å². The molecule has 0 fully saturated rings. The molecule has 0 bridgehead atoms. The molecular formula is C19H20N2O3. The van der Waals surface area contributed by atoms with Gasteiger partial charge in [-0.25, -0.2) is 0 Å². The van der Waals surface area contributed by atoms with E-state index in [1.165, 1.54) is 4.90 Å². The molecule has 0 aromatic heterocycles. The van der Waals surface area contributed by atoms with Gasteiger partial charge in [0.05, 0.1) is 18.7 Å². The highest BCUT2D eigenvalue weighted by Crippen LogP contribution is 2.31. The Balaban J connectivity index is 1.63. The van der Waals surface area contributed by atoms with Crippen LogP contribution in [0.4, 0.5) is 0 Å². The first-order valence-corrected chi connectivity index (χ1v) is 7.92. The second-order valence-corrected chi connectivity index (χ2v) is 6.04. The van der Waals surface area contributed by atoms with Crippen LogP contribution in [0, 0.1) is 0 Å². The number of rotatable bonds is 4. The Kier molecular flexibility index (Phi) is 4.62. The number of hydrogen-bond donors (Lipinski definition) is 2. The fraction of sp³-hybridized carbons (Fsp3) is 0.263. The van der Waals surface area contributed by atoms with Crippen molar-refractivity contribution in [2.75, 3.05) is 13.6 Å². The summed E-state index contributed by atoms with van der Waals surface area (Å²) in [5.41, 5.74) is 2.53. The Morgan fingerprint density at radius 3 is 2.54 bits per heavy atom. The fourth-order valence-corrected chi connectivity index (χ4v) is 3.06. The predicted octanol–water partition coefficient (Wildman–Crippen LogP) is 1.53. The van der Waals surface area contributed by atoms with Crippen molar-refractivity contribution in [1.29, 1.82) is 0 Å². The third-order valence-electron chi connectivity index (χ3n) is 4.27. The Hall–Kier alpha value is -2.66. The van der Waals surface area contributed by atoms with E-state index in [4.69, 9.17) is 0 Å². The smallest absolute Gasteiger partial charge is 0.254 e. The standard InChI is InChI=1S/C19H20N2O3/c1-21(19(24)13-7-3-2-4-8-13)12-17(23)20-18-15-10-6-5-9-14(15)11-16(18)22/h2-10,16,18,22H,11-12H2,1H3,(H,20,23). The van der Waals surface area contributed by atoms with Crippen molar-refractivity contribution in [3.8, 4) is 0 Å². The average molecular weight is 324 g/mol. The Bertz CT molecular complexity index is 745. The lowest BCUT2D eigenvalue weighted by Crippen LogP contribution is -2.41. The van der Waals surface area contributed by atoms with Gasteiger partial charge in [0.2, 0.25) is 5.91 Å². The second-order valence-electron chi connectivity index (χ2n) is 6.04. The number of benzene rings is 2. The van der Waals surface area contributed by atoms with Crippen molar-refractivity contribution in [3.63, 3.8) is 0 Å². The summed E-state index contributed by atoms with van der Waals surface area (Å²) in [6, 6.07) is 16.1. The lowest BCUT2D eigenvalue weighted by molar-refractivity contribution is -0.123. The number of carbonyl (C=O) groups is 2. The van der Waals surface area contributed by atoms with E-state index >= 15 is 0 Å². The maximum Gasteiger partial charge on any atom is 0.254 e. The lowest BCUT2D eigenvalue weighted by atomic mass is 10.1. The number of hydrogen-bond acceptors (Lipinski definition) is 3. The van der Waals surface area contributed by atoms with Crippen molar-refractivity contribution in [3.05, 3.63) is 71.3 Å². The summed E-state index contributed by atoms with van der Waals surface area (Å²) in [5, 5.41) is 13.0. The zero-order valence-corrected chi connectivity index (χ0v) is 13.5. The van der Waals surface area contributed by atoms with Crippen molar-refractivity contribution in [1.82, 2.24) is 10.2 Å². The first kappa shape index (κ1) is 16.2. The number of likely N-dealkylation sites (N-methyl/N-ethyl adjacent to an activating group) is 1. The number of nitrogens with zero attached hydrogens (tertiary/aromatic N) is 1. The van der Waals surface area contributed by atoms with Crippen LogP contribution in [0.15, 0.2) is 54.6 Å². The molecule has 124 valence electrons. The molecule has 5 nitrogen and oxygen atoms in total. The van der Waals surface area contributed by atoms with E-state index in [0.717, 1.165) is 11.1 Å². The molecule has 0 radical (unpaired) electrons. The molecular weight excluding hydrogens is 304 g/mol. The number of nitrogens with one attached hydrogen (secondary N) is 1. The molecule has 1 aliphatic rings. The number of fused-ring (bicyclic) bond motifs is 1. The molecule has 1 aliphatic carbocycles. The predicted molar refractivity (Wildman–Crippen MR) is 90.4 cm³/mol. The van der Waals surface area contributed by atoms with Gasteiger partial charge in [-0.1, -0.05) is 42.5 Å². The molecule has 2 N–H and O–H groups in total. The van der Waals surface area contributed by atoms with Crippen LogP contribution in [-0.2, 0) is 11.2 Å². The maximum absolute atomic E-state index is 12.3. The second kappa shape index (κ2) is 6.84. The van der Waals surface area contributed by atoms with Crippen molar-refractivity contribution < 1.29 is 14.7 Å². The highest BCUT2D eigenvalue weighted by atomic mass is 16.3. The summed E-state index contributed by atoms with van der Waals surface area (Å²) in [4.78, 5) is 25.9. The summed E-state index contributed by atoms with van der Waals surface area (Å²) >= 11 is 0. The summed E-state index contributed by atoms with van der Waals surface area (Å²) in [6.45, 7) is -0.0564. The number of carbonyl (C=O) groups excluding carboxylic acids is 2. The molecule has 2 amide bonds. The molecule has 0 saturated heterocycles. The van der Waals surface area contributed by atoms with Crippen LogP contribution >= 0.6 is 0 Å². The molecule has 0 spiro atoms. The largest absolute Gasteiger partial charge is 0.390 e. The van der Waals surface area contributed by atoms with Gasteiger partial charge in [-0.3, -0.25) is 9.59 Å². The Labute approximate surface area is 140 Å². The lowest BCUT2D eigenvalue weighted by Gasteiger charge is -2.21. The molecule has 2 aromatic rings. The third kappa shape index (κ3) is 3.31. The average Bonchev–Trinajstić information content (AvgIpc) is 2.90. The Morgan fingerprint density at radius 1 is 1.12 bits per heavy atom. The van der Waals surface area contributed by atoms with Gasteiger partial charge < -0.3 is 15.3 Å². The molecule has 2 atom stereocenters. The van der Waals surface area contributed by atoms with Gasteiger partial charge in [0.15, 0.2) is 0 Å². The molecule has 3 rings (SSSR count). The molecule has 0 heterocycles. The van der Waals surface area contributed by atoms with E-state index in [2.05, 4.69) is 5.32 Å². The van der Waals surface area contributed by atoms with E-state index in [0.29, 0.717) is 12.0 Å². The minimum Gasteiger partial charge on any atom is -0.390 e. The van der Waals surface area contributed by atoms with Gasteiger partial charge in [-0.05, 0) is 23.3 Å². The fourth-order valence-electron chi connectivity index (χ4n) is 3.06. The maximum atomic E-state index is 12.3. The molecule has 5 heteroatoms. The zero-order chi connectivity index (χ0) is 17.1. The quantitative estimate of drug-likeness (QED) is 0.896. The minimum absolute atomic E-state index is 0.0564. The van der Waals surface area contributed by atoms with Crippen LogP contribution in [0.5, 0.6) is 0 Å². The van der Waals surface area contributed by atoms with Gasteiger partial charge in [-0.2, -0.15) is 0 Å². The van der Waals surface area contributed by atoms with Crippen LogP contribution in [0.25, 0.3) is 0 Å². The number of aliphatic hydroxyl groups is 1. The van der Waals surface area contributed by atoms with E-state index in [1.807, 2.05) is 30.3 Å². The van der Waals surface area contributed by atoms with E-state index in [9.17, 15) is 14.7 Å². The molecule has 0 saturated carbocycles. The van der Waals surface area contributed by atoms with E-state index < -0.39 is 12.1 Å². The molecule has 0 aliphatic heterocycles. The van der Waals surface area contributed by atoms with E-state index in [1.54, 1.807) is 31.3 Å². The minimum atomic E-state index is -0.638. The van der Waals surface area contributed by atoms with Crippen LogP contribution in [0.3, 0.4) is 0 Å². The summed E-state index contributed by atoms with van der Waals surface area (Å²) in [5.74, 6) is -0.499. The topological polar surface area (TPSA) is 69.6 Å². The van der Waals surface area contributed by atoms with Gasteiger partial charge in [0, 0.05) is 19.0 Å². The molecule has 2 unspecified atom stereocenters. The summed E-state index contributed by atoms with van der Waals surface area (Å²) in [7, 11) is 1.59. The van der Waals surface area contributed by atoms with Gasteiger partial charge in [-0.15, -0.1) is 0 Å². The number of amides is 2. The van der Waals surface area contributed by atoms with Crippen molar-refractivity contribution in [2.45, 2.75) is 18.6 Å². The van der Waals surface area contributed by atoms with Crippen molar-refractivity contribution in [2.24, 2.45) is 0 Å². The van der Waals surface area contributed by atoms with Gasteiger partial charge in [0.1, 0.15) is 0 Å². The normalized spacial score (nSPS) is 18.8. The summed E-state index contributed by atoms with van der Waals surface area (Å²) in [6.07, 6.45) is -0.110. The SMILES string of the molecule is CN(CC(=O)NC1c2ccccc2CC1O)C(=O)c1ccccc1. The molecule has 24 heavy (non-hydrogen) atoms. The first-order chi connectivity index (χ1) is 11.6. The van der Waals surface area contributed by atoms with Crippen LogP contribution in [-0.4, -0.2) is 41.5 Å². The summed E-state index contributed by atoms with van der Waals surface area (Å²) < 4.78 is 0. The first-order valence-electron chi connectivity index (χ1n) is 7.92. The van der Waals surface area contributed by atoms with E-state index in [-0.39, 0.29) is 18.4 Å². The van der Waals surface area contributed by atoms with Crippen LogP contribution in [0.2, 0.25) is 0 Å². The van der Waals surface area contributed by atoms with Gasteiger partial charge >= 0.3 is 0 Å². The number of aliphatic hydroxyl groups excluding tert-OH is 1. The van der Waals surface area contributed by atoms with Crippen LogP contribution < -0.4 is 5.32 Å². The highest BCUT2D eigenvalue weighted by Gasteiger charge is 2.32.